The zero-order valence-corrected chi connectivity index (χ0v) is 10.5. The Kier molecular flexibility index (Phi) is 4.12. The van der Waals surface area contributed by atoms with Crippen LogP contribution in [0.3, 0.4) is 0 Å². The fourth-order valence-electron chi connectivity index (χ4n) is 1.49. The Balaban J connectivity index is 1.99. The zero-order chi connectivity index (χ0) is 12.1. The largest absolute Gasteiger partial charge is 0.459 e. The van der Waals surface area contributed by atoms with E-state index in [1.165, 1.54) is 11.3 Å². The first-order valence-electron chi connectivity index (χ1n) is 5.54. The molecule has 0 spiro atoms. The molecule has 0 atom stereocenters. The molecular weight excluding hydrogens is 236 g/mol. The molecule has 90 valence electrons. The first kappa shape index (κ1) is 12.1. The van der Waals surface area contributed by atoms with Gasteiger partial charge in [-0.3, -0.25) is 0 Å². The van der Waals surface area contributed by atoms with Gasteiger partial charge in [-0.05, 0) is 24.4 Å². The molecule has 0 unspecified atom stereocenters. The van der Waals surface area contributed by atoms with Gasteiger partial charge in [0.1, 0.15) is 11.5 Å². The van der Waals surface area contributed by atoms with Gasteiger partial charge in [0.25, 0.3) is 0 Å². The van der Waals surface area contributed by atoms with Crippen LogP contribution in [0.25, 0.3) is 10.1 Å². The van der Waals surface area contributed by atoms with Gasteiger partial charge in [-0.15, -0.1) is 11.3 Å². The molecule has 0 aliphatic carbocycles. The van der Waals surface area contributed by atoms with E-state index in [0.717, 1.165) is 10.1 Å². The van der Waals surface area contributed by atoms with Crippen molar-refractivity contribution < 1.29 is 14.3 Å². The number of hydrogen-bond acceptors (Lipinski definition) is 4. The summed E-state index contributed by atoms with van der Waals surface area (Å²) in [5, 5.41) is 1.08. The van der Waals surface area contributed by atoms with E-state index in [1.807, 2.05) is 37.3 Å². The predicted molar refractivity (Wildman–Crippen MR) is 68.6 cm³/mol. The van der Waals surface area contributed by atoms with Crippen LogP contribution in [0.5, 0.6) is 0 Å². The Morgan fingerprint density at radius 2 is 2.12 bits per heavy atom. The van der Waals surface area contributed by atoms with E-state index in [-0.39, 0.29) is 5.97 Å². The molecule has 1 aromatic heterocycles. The van der Waals surface area contributed by atoms with Gasteiger partial charge in [-0.1, -0.05) is 18.2 Å². The van der Waals surface area contributed by atoms with Crippen LogP contribution in [0.2, 0.25) is 0 Å². The Hall–Kier alpha value is -1.39. The van der Waals surface area contributed by atoms with E-state index in [2.05, 4.69) is 0 Å². The summed E-state index contributed by atoms with van der Waals surface area (Å²) in [5.41, 5.74) is 0. The fraction of sp³-hybridized carbons (Fsp3) is 0.308. The van der Waals surface area contributed by atoms with Gasteiger partial charge in [0, 0.05) is 11.3 Å². The number of carbonyl (C=O) groups is 1. The molecule has 0 saturated heterocycles. The molecule has 0 bridgehead atoms. The van der Waals surface area contributed by atoms with Crippen molar-refractivity contribution in [2.24, 2.45) is 0 Å². The van der Waals surface area contributed by atoms with Gasteiger partial charge in [0.15, 0.2) is 0 Å². The van der Waals surface area contributed by atoms with Crippen LogP contribution in [0.4, 0.5) is 0 Å². The Morgan fingerprint density at radius 3 is 2.88 bits per heavy atom. The first-order valence-corrected chi connectivity index (χ1v) is 6.36. The Labute approximate surface area is 104 Å². The molecule has 0 aliphatic rings. The topological polar surface area (TPSA) is 35.5 Å². The highest BCUT2D eigenvalue weighted by atomic mass is 32.1. The summed E-state index contributed by atoms with van der Waals surface area (Å²) >= 11 is 1.45. The molecule has 4 heteroatoms. The van der Waals surface area contributed by atoms with Crippen molar-refractivity contribution in [3.05, 3.63) is 35.2 Å². The summed E-state index contributed by atoms with van der Waals surface area (Å²) in [6.07, 6.45) is 0. The third-order valence-corrected chi connectivity index (χ3v) is 3.39. The van der Waals surface area contributed by atoms with Crippen LogP contribution in [0, 0.1) is 0 Å². The minimum Gasteiger partial charge on any atom is -0.459 e. The maximum absolute atomic E-state index is 11.7. The molecule has 3 nitrogen and oxygen atoms in total. The van der Waals surface area contributed by atoms with Crippen molar-refractivity contribution in [2.75, 3.05) is 19.8 Å². The number of fused-ring (bicyclic) bond motifs is 1. The van der Waals surface area contributed by atoms with Gasteiger partial charge in [-0.2, -0.15) is 0 Å². The molecule has 2 aromatic rings. The van der Waals surface area contributed by atoms with Crippen molar-refractivity contribution >= 4 is 27.4 Å². The lowest BCUT2D eigenvalue weighted by atomic mass is 10.2. The SMILES string of the molecule is CCOCCOC(=O)c1cc2ccccc2s1. The van der Waals surface area contributed by atoms with E-state index in [4.69, 9.17) is 9.47 Å². The van der Waals surface area contributed by atoms with E-state index in [1.54, 1.807) is 0 Å². The van der Waals surface area contributed by atoms with Crippen molar-refractivity contribution in [3.8, 4) is 0 Å². The second-order valence-corrected chi connectivity index (χ2v) is 4.57. The third kappa shape index (κ3) is 3.05. The van der Waals surface area contributed by atoms with Crippen molar-refractivity contribution in [2.45, 2.75) is 6.92 Å². The number of ether oxygens (including phenoxy) is 2. The van der Waals surface area contributed by atoms with Crippen LogP contribution >= 0.6 is 11.3 Å². The standard InChI is InChI=1S/C13H14O3S/c1-2-15-7-8-16-13(14)12-9-10-5-3-4-6-11(10)17-12/h3-6,9H,2,7-8H2,1H3. The Bertz CT molecular complexity index is 471. The number of benzene rings is 1. The second kappa shape index (κ2) is 5.80. The van der Waals surface area contributed by atoms with E-state index in [0.29, 0.717) is 24.7 Å². The van der Waals surface area contributed by atoms with E-state index >= 15 is 0 Å². The monoisotopic (exact) mass is 250 g/mol. The van der Waals surface area contributed by atoms with Gasteiger partial charge in [0.2, 0.25) is 0 Å². The molecule has 1 aromatic carbocycles. The van der Waals surface area contributed by atoms with Crippen molar-refractivity contribution in [1.29, 1.82) is 0 Å². The molecule has 0 N–H and O–H groups in total. The minimum absolute atomic E-state index is 0.272. The summed E-state index contributed by atoms with van der Waals surface area (Å²) in [5.74, 6) is -0.272. The lowest BCUT2D eigenvalue weighted by Crippen LogP contribution is -2.09. The normalized spacial score (nSPS) is 10.6. The molecule has 2 rings (SSSR count). The van der Waals surface area contributed by atoms with Crippen LogP contribution in [-0.4, -0.2) is 25.8 Å². The minimum atomic E-state index is -0.272. The van der Waals surface area contributed by atoms with Gasteiger partial charge in [-0.25, -0.2) is 4.79 Å². The number of thiophene rings is 1. The summed E-state index contributed by atoms with van der Waals surface area (Å²) in [6, 6.07) is 9.77. The number of hydrogen-bond donors (Lipinski definition) is 0. The second-order valence-electron chi connectivity index (χ2n) is 3.48. The Morgan fingerprint density at radius 1 is 1.29 bits per heavy atom. The van der Waals surface area contributed by atoms with E-state index in [9.17, 15) is 4.79 Å². The summed E-state index contributed by atoms with van der Waals surface area (Å²) in [7, 11) is 0. The molecule has 0 fully saturated rings. The van der Waals surface area contributed by atoms with E-state index < -0.39 is 0 Å². The van der Waals surface area contributed by atoms with Gasteiger partial charge >= 0.3 is 5.97 Å². The number of esters is 1. The van der Waals surface area contributed by atoms with Crippen LogP contribution in [-0.2, 0) is 9.47 Å². The van der Waals surface area contributed by atoms with Gasteiger partial charge in [0.05, 0.1) is 6.61 Å². The highest BCUT2D eigenvalue weighted by Crippen LogP contribution is 2.25. The molecule has 0 radical (unpaired) electrons. The average Bonchev–Trinajstić information content (AvgIpc) is 2.78. The summed E-state index contributed by atoms with van der Waals surface area (Å²) in [6.45, 7) is 3.31. The van der Waals surface area contributed by atoms with Crippen LogP contribution in [0.1, 0.15) is 16.6 Å². The number of carbonyl (C=O) groups excluding carboxylic acids is 1. The van der Waals surface area contributed by atoms with Crippen molar-refractivity contribution in [3.63, 3.8) is 0 Å². The average molecular weight is 250 g/mol. The quantitative estimate of drug-likeness (QED) is 0.604. The van der Waals surface area contributed by atoms with Crippen molar-refractivity contribution in [1.82, 2.24) is 0 Å². The smallest absolute Gasteiger partial charge is 0.348 e. The highest BCUT2D eigenvalue weighted by Gasteiger charge is 2.10. The first-order chi connectivity index (χ1) is 8.31. The van der Waals surface area contributed by atoms with Gasteiger partial charge < -0.3 is 9.47 Å². The molecule has 1 heterocycles. The maximum atomic E-state index is 11.7. The molecule has 0 aliphatic heterocycles. The molecule has 0 saturated carbocycles. The molecule has 17 heavy (non-hydrogen) atoms. The molecule has 0 amide bonds. The fourth-order valence-corrected chi connectivity index (χ4v) is 2.45. The van der Waals surface area contributed by atoms with Crippen LogP contribution in [0.15, 0.2) is 30.3 Å². The number of rotatable bonds is 5. The molecular formula is C13H14O3S. The zero-order valence-electron chi connectivity index (χ0n) is 9.64. The lowest BCUT2D eigenvalue weighted by Gasteiger charge is -2.02. The highest BCUT2D eigenvalue weighted by molar-refractivity contribution is 7.20. The third-order valence-electron chi connectivity index (χ3n) is 2.29. The predicted octanol–water partition coefficient (Wildman–Crippen LogP) is 3.09. The summed E-state index contributed by atoms with van der Waals surface area (Å²) in [4.78, 5) is 12.4. The summed E-state index contributed by atoms with van der Waals surface area (Å²) < 4.78 is 11.3. The lowest BCUT2D eigenvalue weighted by molar-refractivity contribution is 0.0340. The maximum Gasteiger partial charge on any atom is 0.348 e. The van der Waals surface area contributed by atoms with Crippen LogP contribution < -0.4 is 0 Å².